The summed E-state index contributed by atoms with van der Waals surface area (Å²) < 4.78 is 16.7. The van der Waals surface area contributed by atoms with E-state index < -0.39 is 71.1 Å². The molecule has 1 unspecified atom stereocenters. The molecule has 0 aliphatic carbocycles. The minimum atomic E-state index is -1.39. The van der Waals surface area contributed by atoms with Gasteiger partial charge in [-0.15, -0.1) is 11.8 Å². The summed E-state index contributed by atoms with van der Waals surface area (Å²) in [6, 6.07) is 20.2. The van der Waals surface area contributed by atoms with Crippen molar-refractivity contribution in [1.82, 2.24) is 25.8 Å². The van der Waals surface area contributed by atoms with Crippen molar-refractivity contribution in [3.63, 3.8) is 0 Å². The van der Waals surface area contributed by atoms with Crippen LogP contribution in [0.3, 0.4) is 0 Å². The first kappa shape index (κ1) is 40.3. The van der Waals surface area contributed by atoms with E-state index in [0.29, 0.717) is 22.4 Å². The number of imide groups is 1. The maximum Gasteiger partial charge on any atom is 0.412 e. The molecular weight excluding hydrogens is 757 g/mol. The number of anilines is 1. The van der Waals surface area contributed by atoms with Crippen LogP contribution in [0.15, 0.2) is 96.2 Å². The number of hydrogen-bond donors (Lipinski definition) is 4. The molecule has 0 radical (unpaired) electrons. The Kier molecular flexibility index (Phi) is 12.2. The third kappa shape index (κ3) is 9.55. The van der Waals surface area contributed by atoms with Crippen molar-refractivity contribution >= 4 is 59.4 Å². The van der Waals surface area contributed by atoms with Crippen molar-refractivity contribution in [3.05, 3.63) is 113 Å². The van der Waals surface area contributed by atoms with Gasteiger partial charge in [0.25, 0.3) is 5.91 Å². The Morgan fingerprint density at radius 1 is 0.895 bits per heavy atom. The molecule has 0 spiro atoms. The first-order chi connectivity index (χ1) is 27.2. The minimum absolute atomic E-state index is 0.0722. The number of ether oxygens (including phenoxy) is 3. The van der Waals surface area contributed by atoms with Crippen LogP contribution in [0.2, 0.25) is 0 Å². The number of rotatable bonds is 11. The summed E-state index contributed by atoms with van der Waals surface area (Å²) in [4.78, 5) is 94.0. The second-order valence-electron chi connectivity index (χ2n) is 14.3. The molecule has 16 nitrogen and oxygen atoms in total. The summed E-state index contributed by atoms with van der Waals surface area (Å²) in [6.45, 7) is 6.43. The van der Waals surface area contributed by atoms with Crippen LogP contribution in [-0.2, 0) is 33.4 Å². The molecule has 7 amide bonds. The van der Waals surface area contributed by atoms with Crippen LogP contribution in [0.25, 0.3) is 0 Å². The zero-order valence-electron chi connectivity index (χ0n) is 31.6. The number of esters is 2. The van der Waals surface area contributed by atoms with Gasteiger partial charge >= 0.3 is 30.1 Å². The van der Waals surface area contributed by atoms with E-state index in [1.807, 2.05) is 60.7 Å². The van der Waals surface area contributed by atoms with E-state index in [1.54, 1.807) is 20.8 Å². The molecule has 2 fully saturated rings. The summed E-state index contributed by atoms with van der Waals surface area (Å²) in [5, 5.41) is 9.69. The van der Waals surface area contributed by atoms with Crippen LogP contribution in [-0.4, -0.2) is 94.2 Å². The average molecular weight is 799 g/mol. The van der Waals surface area contributed by atoms with E-state index in [9.17, 15) is 33.6 Å². The Hall–Kier alpha value is -6.36. The number of thioether (sulfide) groups is 1. The highest BCUT2D eigenvalue weighted by atomic mass is 32.2. The Balaban J connectivity index is 1.24. The molecule has 3 aromatic rings. The van der Waals surface area contributed by atoms with Crippen LogP contribution in [0.4, 0.5) is 20.1 Å². The monoisotopic (exact) mass is 798 g/mol. The first-order valence-corrected chi connectivity index (χ1v) is 19.1. The van der Waals surface area contributed by atoms with Gasteiger partial charge in [0.1, 0.15) is 35.4 Å². The number of β-lactam (4-membered cyclic amide) rings is 1. The molecule has 3 atom stereocenters. The maximum absolute atomic E-state index is 14.2. The van der Waals surface area contributed by atoms with Crippen molar-refractivity contribution < 1.29 is 47.8 Å². The van der Waals surface area contributed by atoms with Crippen LogP contribution >= 0.6 is 11.8 Å². The number of fused-ring (bicyclic) bond motifs is 1. The third-order valence-electron chi connectivity index (χ3n) is 8.94. The molecular formula is C40H42N6O10S. The smallest absolute Gasteiger partial charge is 0.412 e. The predicted molar refractivity (Wildman–Crippen MR) is 207 cm³/mol. The Bertz CT molecular complexity index is 2030. The summed E-state index contributed by atoms with van der Waals surface area (Å²) in [5.41, 5.74) is 1.52. The minimum Gasteiger partial charge on any atom is -0.461 e. The van der Waals surface area contributed by atoms with Crippen molar-refractivity contribution in [2.75, 3.05) is 30.8 Å². The summed E-state index contributed by atoms with van der Waals surface area (Å²) in [5.74, 6) is -2.66. The Labute approximate surface area is 332 Å². The molecule has 3 heterocycles. The fourth-order valence-electron chi connectivity index (χ4n) is 6.30. The van der Waals surface area contributed by atoms with E-state index in [0.717, 1.165) is 4.90 Å². The first-order valence-electron chi connectivity index (χ1n) is 18.1. The topological polar surface area (TPSA) is 202 Å². The predicted octanol–water partition coefficient (Wildman–Crippen LogP) is 4.36. The lowest BCUT2D eigenvalue weighted by atomic mass is 10.00. The highest BCUT2D eigenvalue weighted by molar-refractivity contribution is 8.00. The van der Waals surface area contributed by atoms with Crippen LogP contribution in [0, 0.1) is 0 Å². The van der Waals surface area contributed by atoms with E-state index >= 15 is 0 Å². The van der Waals surface area contributed by atoms with Gasteiger partial charge in [0.2, 0.25) is 5.91 Å². The van der Waals surface area contributed by atoms with E-state index in [4.69, 9.17) is 14.2 Å². The molecule has 3 aliphatic heterocycles. The van der Waals surface area contributed by atoms with Crippen LogP contribution < -0.4 is 21.3 Å². The fraction of sp³-hybridized carbons (Fsp3) is 0.325. The van der Waals surface area contributed by atoms with Gasteiger partial charge in [0.15, 0.2) is 6.10 Å². The molecule has 3 aliphatic rings. The molecule has 57 heavy (non-hydrogen) atoms. The van der Waals surface area contributed by atoms with Crippen molar-refractivity contribution in [2.45, 2.75) is 56.9 Å². The zero-order valence-corrected chi connectivity index (χ0v) is 32.4. The number of hydrogen-bond acceptors (Lipinski definition) is 11. The lowest BCUT2D eigenvalue weighted by molar-refractivity contribution is -0.155. The number of nitrogens with one attached hydrogen (secondary N) is 4. The Morgan fingerprint density at radius 2 is 1.53 bits per heavy atom. The van der Waals surface area contributed by atoms with E-state index in [1.165, 1.54) is 47.9 Å². The lowest BCUT2D eigenvalue weighted by Crippen LogP contribution is -2.71. The van der Waals surface area contributed by atoms with Crippen LogP contribution in [0.1, 0.15) is 56.5 Å². The molecule has 298 valence electrons. The van der Waals surface area contributed by atoms with E-state index in [2.05, 4.69) is 21.3 Å². The summed E-state index contributed by atoms with van der Waals surface area (Å²) in [6.07, 6.45) is -1.53. The standard InChI is InChI=1S/C40H42N6O10S/c1-23(47)54-21-27-22-57-35-30(34(49)46(35)31(27)36(50)55-32(25-11-7-5-8-12-25)26-13-9-6-10-14-26)43-33(48)29(44-38(52)45-20-19-41-37(45)51)24-15-17-28(18-16-24)42-39(53)56-40(2,3)4/h5-18,29-30,32,35H,19-22H2,1-4H3,(H,41,51)(H,42,53)(H,43,48)(H,44,52)/t29?,30-,35+/m1/s1. The second-order valence-corrected chi connectivity index (χ2v) is 15.4. The zero-order chi connectivity index (χ0) is 40.9. The van der Waals surface area contributed by atoms with Crippen molar-refractivity contribution in [1.29, 1.82) is 0 Å². The van der Waals surface area contributed by atoms with Crippen molar-refractivity contribution in [3.8, 4) is 0 Å². The quantitative estimate of drug-likeness (QED) is 0.122. The molecule has 4 N–H and O–H groups in total. The van der Waals surface area contributed by atoms with E-state index in [-0.39, 0.29) is 36.7 Å². The molecule has 2 saturated heterocycles. The number of urea groups is 2. The average Bonchev–Trinajstić information content (AvgIpc) is 3.62. The summed E-state index contributed by atoms with van der Waals surface area (Å²) in [7, 11) is 0. The normalized spacial score (nSPS) is 18.1. The number of amides is 7. The van der Waals surface area contributed by atoms with Gasteiger partial charge in [0.05, 0.1) is 0 Å². The number of carbonyl (C=O) groups is 7. The SMILES string of the molecule is CC(=O)OCC1=C(C(=O)OC(c2ccccc2)c2ccccc2)N2C(=O)[C@@H](NC(=O)C(NC(=O)N3CCNC3=O)c3ccc(NC(=O)OC(C)(C)C)cc3)[C@@H]2SC1. The molecule has 6 rings (SSSR count). The maximum atomic E-state index is 14.2. The molecule has 3 aromatic carbocycles. The third-order valence-corrected chi connectivity index (χ3v) is 10.3. The van der Waals surface area contributed by atoms with Gasteiger partial charge in [-0.1, -0.05) is 72.8 Å². The molecule has 0 aromatic heterocycles. The van der Waals surface area contributed by atoms with Gasteiger partial charge in [-0.05, 0) is 49.6 Å². The van der Waals surface area contributed by atoms with Gasteiger partial charge in [0, 0.05) is 37.0 Å². The largest absolute Gasteiger partial charge is 0.461 e. The van der Waals surface area contributed by atoms with Crippen LogP contribution in [0.5, 0.6) is 0 Å². The number of nitrogens with zero attached hydrogens (tertiary/aromatic N) is 2. The highest BCUT2D eigenvalue weighted by Gasteiger charge is 2.55. The fourth-order valence-corrected chi connectivity index (χ4v) is 7.63. The Morgan fingerprint density at radius 3 is 2.09 bits per heavy atom. The number of benzene rings is 3. The van der Waals surface area contributed by atoms with Gasteiger partial charge in [-0.25, -0.2) is 24.1 Å². The molecule has 0 saturated carbocycles. The molecule has 0 bridgehead atoms. The highest BCUT2D eigenvalue weighted by Crippen LogP contribution is 2.42. The van der Waals surface area contributed by atoms with Gasteiger partial charge in [-0.3, -0.25) is 24.6 Å². The lowest BCUT2D eigenvalue weighted by Gasteiger charge is -2.50. The van der Waals surface area contributed by atoms with Gasteiger partial charge in [-0.2, -0.15) is 0 Å². The second kappa shape index (κ2) is 17.2. The summed E-state index contributed by atoms with van der Waals surface area (Å²) >= 11 is 1.25. The molecule has 17 heteroatoms. The number of carbonyl (C=O) groups excluding carboxylic acids is 7. The van der Waals surface area contributed by atoms with Crippen molar-refractivity contribution in [2.24, 2.45) is 0 Å². The van der Waals surface area contributed by atoms with Gasteiger partial charge < -0.3 is 30.2 Å².